The Morgan fingerprint density at radius 3 is 2.62 bits per heavy atom. The molecule has 5 heteroatoms. The first-order chi connectivity index (χ1) is 10.2. The van der Waals surface area contributed by atoms with Crippen LogP contribution in [0.1, 0.15) is 30.6 Å². The van der Waals surface area contributed by atoms with E-state index in [1.54, 1.807) is 31.2 Å². The van der Waals surface area contributed by atoms with Crippen molar-refractivity contribution in [3.05, 3.63) is 36.4 Å². The lowest BCUT2D eigenvalue weighted by Gasteiger charge is -2.18. The van der Waals surface area contributed by atoms with E-state index in [4.69, 9.17) is 14.2 Å². The van der Waals surface area contributed by atoms with Gasteiger partial charge in [-0.25, -0.2) is 4.79 Å². The summed E-state index contributed by atoms with van der Waals surface area (Å²) in [6.45, 7) is 7.86. The Morgan fingerprint density at radius 2 is 2.05 bits per heavy atom. The number of aldehydes is 1. The van der Waals surface area contributed by atoms with Crippen molar-refractivity contribution in [2.75, 3.05) is 13.2 Å². The SMILES string of the molecule is C=CCC(Oc1ccc(C=O)cc1OCC)C(=O)OCC. The molecule has 5 nitrogen and oxygen atoms in total. The molecule has 0 saturated heterocycles. The van der Waals surface area contributed by atoms with Crippen LogP contribution in [0.5, 0.6) is 11.5 Å². The van der Waals surface area contributed by atoms with Crippen LogP contribution in [-0.4, -0.2) is 31.6 Å². The lowest BCUT2D eigenvalue weighted by Crippen LogP contribution is -2.29. The van der Waals surface area contributed by atoms with E-state index in [-0.39, 0.29) is 6.61 Å². The minimum Gasteiger partial charge on any atom is -0.490 e. The average molecular weight is 292 g/mol. The van der Waals surface area contributed by atoms with Crippen LogP contribution in [0.2, 0.25) is 0 Å². The molecule has 0 radical (unpaired) electrons. The molecular formula is C16H20O5. The summed E-state index contributed by atoms with van der Waals surface area (Å²) in [4.78, 5) is 22.6. The molecule has 0 aliphatic rings. The number of ether oxygens (including phenoxy) is 3. The first kappa shape index (κ1) is 16.8. The van der Waals surface area contributed by atoms with Gasteiger partial charge in [0.15, 0.2) is 17.6 Å². The predicted molar refractivity (Wildman–Crippen MR) is 78.9 cm³/mol. The third kappa shape index (κ3) is 4.95. The first-order valence-corrected chi connectivity index (χ1v) is 6.82. The topological polar surface area (TPSA) is 61.8 Å². The van der Waals surface area contributed by atoms with E-state index in [2.05, 4.69) is 6.58 Å². The van der Waals surface area contributed by atoms with Gasteiger partial charge in [0.05, 0.1) is 13.2 Å². The third-order valence-corrected chi connectivity index (χ3v) is 2.60. The summed E-state index contributed by atoms with van der Waals surface area (Å²) < 4.78 is 16.1. The number of benzene rings is 1. The smallest absolute Gasteiger partial charge is 0.347 e. The quantitative estimate of drug-likeness (QED) is 0.398. The number of hydrogen-bond donors (Lipinski definition) is 0. The summed E-state index contributed by atoms with van der Waals surface area (Å²) in [6.07, 6.45) is 1.84. The van der Waals surface area contributed by atoms with Gasteiger partial charge in [-0.05, 0) is 32.0 Å². The Morgan fingerprint density at radius 1 is 1.29 bits per heavy atom. The second-order valence-electron chi connectivity index (χ2n) is 4.14. The Labute approximate surface area is 124 Å². The second-order valence-corrected chi connectivity index (χ2v) is 4.14. The van der Waals surface area contributed by atoms with Crippen LogP contribution in [0.25, 0.3) is 0 Å². The molecule has 0 bridgehead atoms. The van der Waals surface area contributed by atoms with Gasteiger partial charge in [0.25, 0.3) is 0 Å². The van der Waals surface area contributed by atoms with Gasteiger partial charge in [0.1, 0.15) is 6.29 Å². The van der Waals surface area contributed by atoms with Gasteiger partial charge in [-0.2, -0.15) is 0 Å². The zero-order valence-electron chi connectivity index (χ0n) is 12.3. The standard InChI is InChI=1S/C16H20O5/c1-4-7-14(16(18)20-6-3)21-13-9-8-12(11-17)10-15(13)19-5-2/h4,8-11,14H,1,5-7H2,2-3H3. The van der Waals surface area contributed by atoms with E-state index < -0.39 is 12.1 Å². The monoisotopic (exact) mass is 292 g/mol. The Bertz CT molecular complexity index is 495. The minimum absolute atomic E-state index is 0.276. The summed E-state index contributed by atoms with van der Waals surface area (Å²) in [5, 5.41) is 0. The molecule has 0 spiro atoms. The van der Waals surface area contributed by atoms with Gasteiger partial charge in [0, 0.05) is 12.0 Å². The van der Waals surface area contributed by atoms with Crippen LogP contribution < -0.4 is 9.47 Å². The fourth-order valence-corrected chi connectivity index (χ4v) is 1.70. The molecule has 1 rings (SSSR count). The van der Waals surface area contributed by atoms with E-state index >= 15 is 0 Å². The van der Waals surface area contributed by atoms with Crippen LogP contribution in [0.15, 0.2) is 30.9 Å². The maximum Gasteiger partial charge on any atom is 0.347 e. The lowest BCUT2D eigenvalue weighted by molar-refractivity contribution is -0.151. The van der Waals surface area contributed by atoms with E-state index in [1.165, 1.54) is 0 Å². The van der Waals surface area contributed by atoms with Crippen molar-refractivity contribution in [1.82, 2.24) is 0 Å². The third-order valence-electron chi connectivity index (χ3n) is 2.60. The molecule has 0 aliphatic carbocycles. The summed E-state index contributed by atoms with van der Waals surface area (Å²) in [6, 6.07) is 4.77. The molecule has 0 heterocycles. The van der Waals surface area contributed by atoms with Crippen molar-refractivity contribution in [3.8, 4) is 11.5 Å². The van der Waals surface area contributed by atoms with E-state index in [9.17, 15) is 9.59 Å². The van der Waals surface area contributed by atoms with Crippen molar-refractivity contribution >= 4 is 12.3 Å². The highest BCUT2D eigenvalue weighted by atomic mass is 16.6. The van der Waals surface area contributed by atoms with E-state index in [0.29, 0.717) is 30.1 Å². The van der Waals surface area contributed by atoms with E-state index in [1.807, 2.05) is 6.92 Å². The van der Waals surface area contributed by atoms with Gasteiger partial charge in [-0.3, -0.25) is 4.79 Å². The Hall–Kier alpha value is -2.30. The molecule has 0 aliphatic heterocycles. The van der Waals surface area contributed by atoms with Crippen LogP contribution >= 0.6 is 0 Å². The zero-order chi connectivity index (χ0) is 15.7. The molecule has 1 aromatic rings. The number of hydrogen-bond acceptors (Lipinski definition) is 5. The maximum absolute atomic E-state index is 11.8. The van der Waals surface area contributed by atoms with Crippen LogP contribution in [0.4, 0.5) is 0 Å². The zero-order valence-corrected chi connectivity index (χ0v) is 12.3. The molecule has 0 amide bonds. The predicted octanol–water partition coefficient (Wildman–Crippen LogP) is 2.78. The largest absolute Gasteiger partial charge is 0.490 e. The van der Waals surface area contributed by atoms with Gasteiger partial charge >= 0.3 is 5.97 Å². The van der Waals surface area contributed by atoms with Gasteiger partial charge in [0.2, 0.25) is 0 Å². The van der Waals surface area contributed by atoms with Crippen molar-refractivity contribution in [3.63, 3.8) is 0 Å². The summed E-state index contributed by atoms with van der Waals surface area (Å²) in [7, 11) is 0. The highest BCUT2D eigenvalue weighted by molar-refractivity contribution is 5.77. The molecule has 21 heavy (non-hydrogen) atoms. The van der Waals surface area contributed by atoms with Gasteiger partial charge in [-0.1, -0.05) is 6.08 Å². The van der Waals surface area contributed by atoms with Crippen molar-refractivity contribution in [1.29, 1.82) is 0 Å². The fourth-order valence-electron chi connectivity index (χ4n) is 1.70. The van der Waals surface area contributed by atoms with Crippen LogP contribution in [0.3, 0.4) is 0 Å². The van der Waals surface area contributed by atoms with Gasteiger partial charge < -0.3 is 14.2 Å². The molecule has 0 aromatic heterocycles. The molecule has 114 valence electrons. The molecule has 0 saturated carbocycles. The van der Waals surface area contributed by atoms with Crippen LogP contribution in [0, 0.1) is 0 Å². The number of carbonyl (C=O) groups excluding carboxylic acids is 2. The molecule has 0 N–H and O–H groups in total. The van der Waals surface area contributed by atoms with Crippen molar-refractivity contribution in [2.24, 2.45) is 0 Å². The number of esters is 1. The highest BCUT2D eigenvalue weighted by Gasteiger charge is 2.22. The van der Waals surface area contributed by atoms with Gasteiger partial charge in [-0.15, -0.1) is 6.58 Å². The molecule has 1 atom stereocenters. The van der Waals surface area contributed by atoms with Crippen molar-refractivity contribution in [2.45, 2.75) is 26.4 Å². The molecular weight excluding hydrogens is 272 g/mol. The van der Waals surface area contributed by atoms with Crippen LogP contribution in [-0.2, 0) is 9.53 Å². The summed E-state index contributed by atoms with van der Waals surface area (Å²) in [5.41, 5.74) is 0.474. The molecule has 1 aromatic carbocycles. The summed E-state index contributed by atoms with van der Waals surface area (Å²) >= 11 is 0. The number of carbonyl (C=O) groups is 2. The van der Waals surface area contributed by atoms with E-state index in [0.717, 1.165) is 6.29 Å². The molecule has 1 unspecified atom stereocenters. The highest BCUT2D eigenvalue weighted by Crippen LogP contribution is 2.29. The lowest BCUT2D eigenvalue weighted by atomic mass is 10.2. The Kier molecular flexibility index (Phi) is 7.01. The normalized spacial score (nSPS) is 11.3. The average Bonchev–Trinajstić information content (AvgIpc) is 2.48. The maximum atomic E-state index is 11.8. The van der Waals surface area contributed by atoms with Crippen molar-refractivity contribution < 1.29 is 23.8 Å². The first-order valence-electron chi connectivity index (χ1n) is 6.82. The Balaban J connectivity index is 2.98. The summed E-state index contributed by atoms with van der Waals surface area (Å²) in [5.74, 6) is 0.349. The minimum atomic E-state index is -0.788. The second kappa shape index (κ2) is 8.79. The molecule has 0 fully saturated rings. The fraction of sp³-hybridized carbons (Fsp3) is 0.375. The number of rotatable bonds is 9.